The van der Waals surface area contributed by atoms with Gasteiger partial charge in [0.15, 0.2) is 0 Å². The van der Waals surface area contributed by atoms with E-state index in [-0.39, 0.29) is 11.7 Å². The molecule has 0 saturated heterocycles. The maximum atomic E-state index is 13.0. The first-order chi connectivity index (χ1) is 14.1. The van der Waals surface area contributed by atoms with Gasteiger partial charge in [-0.1, -0.05) is 0 Å². The van der Waals surface area contributed by atoms with E-state index in [1.807, 2.05) is 0 Å². The van der Waals surface area contributed by atoms with E-state index in [9.17, 15) is 4.39 Å². The van der Waals surface area contributed by atoms with Crippen LogP contribution >= 0.6 is 0 Å². The third-order valence-electron chi connectivity index (χ3n) is 4.50. The fourth-order valence-corrected chi connectivity index (χ4v) is 2.92. The molecular formula is C20H24FN7O. The molecule has 2 heterocycles. The summed E-state index contributed by atoms with van der Waals surface area (Å²) in [4.78, 5) is 8.50. The van der Waals surface area contributed by atoms with E-state index in [1.165, 1.54) is 24.6 Å². The molecule has 2 aliphatic rings. The number of hydrogen-bond acceptors (Lipinski definition) is 8. The Bertz CT molecular complexity index is 873. The molecule has 1 aliphatic carbocycles. The van der Waals surface area contributed by atoms with Crippen LogP contribution in [0.4, 0.5) is 4.39 Å². The summed E-state index contributed by atoms with van der Waals surface area (Å²) in [6.07, 6.45) is 9.61. The zero-order chi connectivity index (χ0) is 20.6. The van der Waals surface area contributed by atoms with Crippen molar-refractivity contribution in [1.82, 2.24) is 20.9 Å². The molecule has 1 saturated carbocycles. The molecule has 1 aromatic heterocycles. The maximum absolute atomic E-state index is 13.0. The van der Waals surface area contributed by atoms with Crippen molar-refractivity contribution in [3.63, 3.8) is 0 Å². The van der Waals surface area contributed by atoms with E-state index in [2.05, 4.69) is 25.9 Å². The number of hydrogen-bond donors (Lipinski definition) is 5. The second-order valence-corrected chi connectivity index (χ2v) is 6.67. The number of halogens is 1. The van der Waals surface area contributed by atoms with Crippen LogP contribution in [0.3, 0.4) is 0 Å². The van der Waals surface area contributed by atoms with Gasteiger partial charge in [0.05, 0.1) is 12.8 Å². The molecule has 3 rings (SSSR count). The Balaban J connectivity index is 1.59. The molecule has 0 bridgehead atoms. The van der Waals surface area contributed by atoms with E-state index in [0.29, 0.717) is 36.6 Å². The predicted octanol–water partition coefficient (Wildman–Crippen LogP) is 2.02. The second-order valence-electron chi connectivity index (χ2n) is 6.67. The molecule has 1 aromatic rings. The van der Waals surface area contributed by atoms with Gasteiger partial charge < -0.3 is 31.5 Å². The lowest BCUT2D eigenvalue weighted by Gasteiger charge is -2.19. The van der Waals surface area contributed by atoms with Crippen molar-refractivity contribution in [1.29, 1.82) is 10.8 Å². The predicted molar refractivity (Wildman–Crippen MR) is 110 cm³/mol. The highest BCUT2D eigenvalue weighted by atomic mass is 19.1. The summed E-state index contributed by atoms with van der Waals surface area (Å²) in [6, 6.07) is 3.14. The lowest BCUT2D eigenvalue weighted by atomic mass is 10.2. The highest BCUT2D eigenvalue weighted by Gasteiger charge is 2.40. The van der Waals surface area contributed by atoms with Crippen LogP contribution in [0.2, 0.25) is 0 Å². The molecule has 29 heavy (non-hydrogen) atoms. The third kappa shape index (κ3) is 5.74. The lowest BCUT2D eigenvalue weighted by molar-refractivity contribution is 0.284. The Labute approximate surface area is 168 Å². The van der Waals surface area contributed by atoms with Gasteiger partial charge in [-0.2, -0.15) is 4.99 Å². The van der Waals surface area contributed by atoms with Crippen LogP contribution in [0.5, 0.6) is 0 Å². The topological polar surface area (TPSA) is 118 Å². The number of rotatable bonds is 9. The van der Waals surface area contributed by atoms with Gasteiger partial charge in [0.2, 0.25) is 5.90 Å². The third-order valence-corrected chi connectivity index (χ3v) is 4.50. The van der Waals surface area contributed by atoms with E-state index in [4.69, 9.17) is 15.6 Å². The van der Waals surface area contributed by atoms with E-state index in [1.54, 1.807) is 25.4 Å². The number of aromatic nitrogens is 1. The molecule has 0 aromatic carbocycles. The molecule has 152 valence electrons. The molecule has 0 spiro atoms. The van der Waals surface area contributed by atoms with E-state index >= 15 is 0 Å². The average molecular weight is 397 g/mol. The van der Waals surface area contributed by atoms with Crippen LogP contribution in [0.25, 0.3) is 0 Å². The first-order valence-corrected chi connectivity index (χ1v) is 9.26. The maximum Gasteiger partial charge on any atom is 0.218 e. The Hall–Kier alpha value is -3.49. The summed E-state index contributed by atoms with van der Waals surface area (Å²) < 4.78 is 18.9. The lowest BCUT2D eigenvalue weighted by Crippen LogP contribution is -2.32. The van der Waals surface area contributed by atoms with Crippen LogP contribution in [0.15, 0.2) is 58.9 Å². The summed E-state index contributed by atoms with van der Waals surface area (Å²) in [5, 5.41) is 23.8. The SMILES string of the molecule is CN/C=C(\C=N)CNC1=CC(OC[C@H]2C[C@@H]2c2ccc(F)cn2)=N/C(=C/C=N)N1. The Morgan fingerprint density at radius 3 is 2.97 bits per heavy atom. The van der Waals surface area contributed by atoms with Crippen LogP contribution < -0.4 is 16.0 Å². The fourth-order valence-electron chi connectivity index (χ4n) is 2.92. The fraction of sp³-hybridized carbons (Fsp3) is 0.300. The highest BCUT2D eigenvalue weighted by molar-refractivity contribution is 5.90. The largest absolute Gasteiger partial charge is 0.477 e. The van der Waals surface area contributed by atoms with Gasteiger partial charge >= 0.3 is 0 Å². The van der Waals surface area contributed by atoms with Crippen LogP contribution in [0, 0.1) is 22.6 Å². The number of nitrogens with one attached hydrogen (secondary N) is 5. The quantitative estimate of drug-likeness (QED) is 0.409. The van der Waals surface area contributed by atoms with Crippen molar-refractivity contribution in [3.05, 3.63) is 65.4 Å². The van der Waals surface area contributed by atoms with Crippen molar-refractivity contribution in [2.45, 2.75) is 12.3 Å². The molecule has 0 unspecified atom stereocenters. The first-order valence-electron chi connectivity index (χ1n) is 9.26. The van der Waals surface area contributed by atoms with Crippen molar-refractivity contribution >= 4 is 18.3 Å². The minimum Gasteiger partial charge on any atom is -0.477 e. The minimum atomic E-state index is -0.335. The first kappa shape index (κ1) is 20.2. The Morgan fingerprint density at radius 1 is 1.41 bits per heavy atom. The molecule has 8 nitrogen and oxygen atoms in total. The molecule has 2 atom stereocenters. The summed E-state index contributed by atoms with van der Waals surface area (Å²) in [6.45, 7) is 0.921. The summed E-state index contributed by atoms with van der Waals surface area (Å²) >= 11 is 0. The standard InChI is InChI=1S/C20H24FN7O/c1-24-9-13(8-23)10-26-19-7-20(28-18(27-19)4-5-22)29-12-14-6-16(14)17-3-2-15(21)11-25-17/h2-5,7-9,11,14,16,22-24,26-27H,6,10,12H2,1H3/b13-9+,18-4+,22-5?,23-8?/t14-,16+/m1/s1. The van der Waals surface area contributed by atoms with Gasteiger partial charge in [0, 0.05) is 61.4 Å². The zero-order valence-electron chi connectivity index (χ0n) is 16.1. The highest BCUT2D eigenvalue weighted by Crippen LogP contribution is 2.46. The van der Waals surface area contributed by atoms with E-state index in [0.717, 1.165) is 23.9 Å². The van der Waals surface area contributed by atoms with Gasteiger partial charge in [-0.3, -0.25) is 4.98 Å². The van der Waals surface area contributed by atoms with Gasteiger partial charge in [-0.15, -0.1) is 0 Å². The smallest absolute Gasteiger partial charge is 0.218 e. The van der Waals surface area contributed by atoms with Crippen molar-refractivity contribution in [3.8, 4) is 0 Å². The number of nitrogens with zero attached hydrogens (tertiary/aromatic N) is 2. The molecule has 1 aliphatic heterocycles. The monoisotopic (exact) mass is 397 g/mol. The van der Waals surface area contributed by atoms with Gasteiger partial charge in [0.1, 0.15) is 17.5 Å². The molecule has 5 N–H and O–H groups in total. The second kappa shape index (κ2) is 9.63. The van der Waals surface area contributed by atoms with Crippen LogP contribution in [0.1, 0.15) is 18.0 Å². The van der Waals surface area contributed by atoms with Gasteiger partial charge in [0.25, 0.3) is 0 Å². The number of allylic oxidation sites excluding steroid dienone is 1. The molecule has 0 amide bonds. The molecular weight excluding hydrogens is 373 g/mol. The number of aliphatic imine (C=N–C) groups is 1. The normalized spacial score (nSPS) is 22.1. The number of ether oxygens (including phenoxy) is 1. The average Bonchev–Trinajstić information content (AvgIpc) is 3.50. The number of pyridine rings is 1. The molecule has 9 heteroatoms. The summed E-state index contributed by atoms with van der Waals surface area (Å²) in [5.74, 6) is 1.84. The van der Waals surface area contributed by atoms with Crippen LogP contribution in [-0.2, 0) is 4.74 Å². The summed E-state index contributed by atoms with van der Waals surface area (Å²) in [5.41, 5.74) is 1.65. The zero-order valence-corrected chi connectivity index (χ0v) is 16.1. The Kier molecular flexibility index (Phi) is 6.72. The Morgan fingerprint density at radius 2 is 2.28 bits per heavy atom. The molecule has 1 fully saturated rings. The van der Waals surface area contributed by atoms with Gasteiger partial charge in [-0.25, -0.2) is 4.39 Å². The van der Waals surface area contributed by atoms with Gasteiger partial charge in [-0.05, 0) is 24.6 Å². The molecule has 0 radical (unpaired) electrons. The van der Waals surface area contributed by atoms with Crippen LogP contribution in [-0.4, -0.2) is 43.5 Å². The minimum absolute atomic E-state index is 0.276. The van der Waals surface area contributed by atoms with E-state index < -0.39 is 0 Å². The van der Waals surface area contributed by atoms with Crippen molar-refractivity contribution in [2.24, 2.45) is 10.9 Å². The van der Waals surface area contributed by atoms with Crippen molar-refractivity contribution < 1.29 is 9.13 Å². The summed E-state index contributed by atoms with van der Waals surface area (Å²) in [7, 11) is 1.78. The van der Waals surface area contributed by atoms with Crippen molar-refractivity contribution in [2.75, 3.05) is 20.2 Å².